The highest BCUT2D eigenvalue weighted by molar-refractivity contribution is 8.00. The molecule has 0 unspecified atom stereocenters. The molecule has 3 N–H and O–H groups in total. The summed E-state index contributed by atoms with van der Waals surface area (Å²) >= 11 is 1.93. The van der Waals surface area contributed by atoms with E-state index in [1.165, 1.54) is 12.8 Å². The monoisotopic (exact) mass is 224 g/mol. The Labute approximate surface area is 94.1 Å². The SMILES string of the molecule is CSC1(CNc2cc(N)nc(C)n2)CC1. The first-order valence-electron chi connectivity index (χ1n) is 5.04. The van der Waals surface area contributed by atoms with Gasteiger partial charge in [-0.05, 0) is 26.0 Å². The molecule has 1 fully saturated rings. The van der Waals surface area contributed by atoms with E-state index in [1.807, 2.05) is 18.7 Å². The molecule has 1 heterocycles. The molecule has 82 valence electrons. The Morgan fingerprint density at radius 2 is 2.27 bits per heavy atom. The molecule has 0 spiro atoms. The molecule has 15 heavy (non-hydrogen) atoms. The smallest absolute Gasteiger partial charge is 0.131 e. The summed E-state index contributed by atoms with van der Waals surface area (Å²) in [4.78, 5) is 8.32. The minimum Gasteiger partial charge on any atom is -0.384 e. The highest BCUT2D eigenvalue weighted by Crippen LogP contribution is 2.46. The quantitative estimate of drug-likeness (QED) is 0.814. The van der Waals surface area contributed by atoms with Crippen molar-refractivity contribution in [3.05, 3.63) is 11.9 Å². The van der Waals surface area contributed by atoms with E-state index < -0.39 is 0 Å². The van der Waals surface area contributed by atoms with Crippen molar-refractivity contribution in [1.29, 1.82) is 0 Å². The van der Waals surface area contributed by atoms with Crippen molar-refractivity contribution in [2.45, 2.75) is 24.5 Å². The lowest BCUT2D eigenvalue weighted by molar-refractivity contribution is 0.931. The van der Waals surface area contributed by atoms with Crippen LogP contribution in [0.1, 0.15) is 18.7 Å². The summed E-state index contributed by atoms with van der Waals surface area (Å²) in [6, 6.07) is 1.78. The average molecular weight is 224 g/mol. The summed E-state index contributed by atoms with van der Waals surface area (Å²) in [7, 11) is 0. The Morgan fingerprint density at radius 1 is 1.53 bits per heavy atom. The number of thioether (sulfide) groups is 1. The summed E-state index contributed by atoms with van der Waals surface area (Å²) < 4.78 is 0.438. The molecule has 0 aromatic carbocycles. The largest absolute Gasteiger partial charge is 0.384 e. The lowest BCUT2D eigenvalue weighted by Gasteiger charge is -2.13. The summed E-state index contributed by atoms with van der Waals surface area (Å²) in [6.07, 6.45) is 4.75. The molecule has 1 aromatic rings. The van der Waals surface area contributed by atoms with Crippen LogP contribution in [0.4, 0.5) is 11.6 Å². The molecule has 1 aliphatic carbocycles. The van der Waals surface area contributed by atoms with Crippen LogP contribution in [0.5, 0.6) is 0 Å². The number of hydrogen-bond donors (Lipinski definition) is 2. The third-order valence-electron chi connectivity index (χ3n) is 2.69. The number of nitrogens with two attached hydrogens (primary N) is 1. The Balaban J connectivity index is 1.99. The first-order chi connectivity index (χ1) is 7.13. The number of nitrogens with zero attached hydrogens (tertiary/aromatic N) is 2. The number of nitrogens with one attached hydrogen (secondary N) is 1. The fourth-order valence-corrected chi connectivity index (χ4v) is 2.25. The normalized spacial score (nSPS) is 17.5. The molecular formula is C10H16N4S. The molecule has 5 heteroatoms. The summed E-state index contributed by atoms with van der Waals surface area (Å²) in [6.45, 7) is 2.81. The van der Waals surface area contributed by atoms with Gasteiger partial charge in [-0.1, -0.05) is 0 Å². The molecule has 4 nitrogen and oxygen atoms in total. The Morgan fingerprint density at radius 3 is 2.80 bits per heavy atom. The second-order valence-corrected chi connectivity index (χ2v) is 5.24. The van der Waals surface area contributed by atoms with Crippen LogP contribution < -0.4 is 11.1 Å². The van der Waals surface area contributed by atoms with Gasteiger partial charge in [0.05, 0.1) is 0 Å². The van der Waals surface area contributed by atoms with Gasteiger partial charge in [0, 0.05) is 17.4 Å². The van der Waals surface area contributed by atoms with Gasteiger partial charge >= 0.3 is 0 Å². The maximum Gasteiger partial charge on any atom is 0.131 e. The third-order valence-corrected chi connectivity index (χ3v) is 4.11. The molecule has 0 bridgehead atoms. The Kier molecular flexibility index (Phi) is 2.73. The van der Waals surface area contributed by atoms with Gasteiger partial charge in [0.1, 0.15) is 17.5 Å². The van der Waals surface area contributed by atoms with Crippen LogP contribution >= 0.6 is 11.8 Å². The van der Waals surface area contributed by atoms with E-state index in [2.05, 4.69) is 21.5 Å². The third kappa shape index (κ3) is 2.53. The number of nitrogen functional groups attached to an aromatic ring is 1. The van der Waals surface area contributed by atoms with Crippen molar-refractivity contribution in [3.8, 4) is 0 Å². The van der Waals surface area contributed by atoms with Crippen molar-refractivity contribution < 1.29 is 0 Å². The average Bonchev–Trinajstić information content (AvgIpc) is 2.94. The molecule has 2 rings (SSSR count). The summed E-state index contributed by atoms with van der Waals surface area (Å²) in [5.74, 6) is 2.07. The van der Waals surface area contributed by atoms with Crippen LogP contribution in [0.15, 0.2) is 6.07 Å². The highest BCUT2D eigenvalue weighted by Gasteiger charge is 2.41. The van der Waals surface area contributed by atoms with Crippen LogP contribution in [-0.4, -0.2) is 27.5 Å². The van der Waals surface area contributed by atoms with Crippen LogP contribution in [0.2, 0.25) is 0 Å². The lowest BCUT2D eigenvalue weighted by Crippen LogP contribution is -2.18. The van der Waals surface area contributed by atoms with Crippen molar-refractivity contribution >= 4 is 23.4 Å². The maximum atomic E-state index is 5.65. The van der Waals surface area contributed by atoms with Crippen LogP contribution in [0.25, 0.3) is 0 Å². The second kappa shape index (κ2) is 3.89. The number of aromatic nitrogens is 2. The molecular weight excluding hydrogens is 208 g/mol. The molecule has 1 aromatic heterocycles. The van der Waals surface area contributed by atoms with E-state index in [4.69, 9.17) is 5.73 Å². The fourth-order valence-electron chi connectivity index (χ4n) is 1.53. The molecule has 1 saturated carbocycles. The highest BCUT2D eigenvalue weighted by atomic mass is 32.2. The zero-order valence-corrected chi connectivity index (χ0v) is 9.90. The zero-order valence-electron chi connectivity index (χ0n) is 9.08. The van der Waals surface area contributed by atoms with Crippen LogP contribution in [0, 0.1) is 6.92 Å². The second-order valence-electron chi connectivity index (χ2n) is 3.97. The van der Waals surface area contributed by atoms with E-state index in [-0.39, 0.29) is 0 Å². The molecule has 0 amide bonds. The first-order valence-corrected chi connectivity index (χ1v) is 6.26. The predicted octanol–water partition coefficient (Wildman–Crippen LogP) is 1.67. The van der Waals surface area contributed by atoms with E-state index >= 15 is 0 Å². The minimum absolute atomic E-state index is 0.438. The molecule has 0 saturated heterocycles. The van der Waals surface area contributed by atoms with Gasteiger partial charge in [-0.2, -0.15) is 11.8 Å². The van der Waals surface area contributed by atoms with Crippen molar-refractivity contribution in [2.24, 2.45) is 0 Å². The number of aryl methyl sites for hydroxylation is 1. The fraction of sp³-hybridized carbons (Fsp3) is 0.600. The van der Waals surface area contributed by atoms with Gasteiger partial charge in [0.25, 0.3) is 0 Å². The number of anilines is 2. The number of hydrogen-bond acceptors (Lipinski definition) is 5. The van der Waals surface area contributed by atoms with Crippen LogP contribution in [0.3, 0.4) is 0 Å². The minimum atomic E-state index is 0.438. The van der Waals surface area contributed by atoms with E-state index in [1.54, 1.807) is 6.07 Å². The molecule has 0 aliphatic heterocycles. The van der Waals surface area contributed by atoms with E-state index in [9.17, 15) is 0 Å². The van der Waals surface area contributed by atoms with Gasteiger partial charge in [0.15, 0.2) is 0 Å². The maximum absolute atomic E-state index is 5.65. The Hall–Kier alpha value is -0.970. The zero-order chi connectivity index (χ0) is 10.9. The standard InChI is InChI=1S/C10H16N4S/c1-7-13-8(11)5-9(14-7)12-6-10(15-2)3-4-10/h5H,3-4,6H2,1-2H3,(H3,11,12,13,14). The van der Waals surface area contributed by atoms with Gasteiger partial charge < -0.3 is 11.1 Å². The van der Waals surface area contributed by atoms with E-state index in [0.717, 1.165) is 12.4 Å². The van der Waals surface area contributed by atoms with E-state index in [0.29, 0.717) is 16.4 Å². The lowest BCUT2D eigenvalue weighted by atomic mass is 10.4. The molecule has 1 aliphatic rings. The van der Waals surface area contributed by atoms with Gasteiger partial charge in [-0.15, -0.1) is 0 Å². The molecule has 0 atom stereocenters. The van der Waals surface area contributed by atoms with Gasteiger partial charge in [-0.25, -0.2) is 9.97 Å². The topological polar surface area (TPSA) is 63.8 Å². The van der Waals surface area contributed by atoms with Crippen molar-refractivity contribution in [2.75, 3.05) is 23.9 Å². The van der Waals surface area contributed by atoms with Gasteiger partial charge in [0.2, 0.25) is 0 Å². The summed E-state index contributed by atoms with van der Waals surface area (Å²) in [5, 5.41) is 3.33. The molecule has 0 radical (unpaired) electrons. The summed E-state index contributed by atoms with van der Waals surface area (Å²) in [5.41, 5.74) is 5.65. The van der Waals surface area contributed by atoms with Crippen molar-refractivity contribution in [3.63, 3.8) is 0 Å². The van der Waals surface area contributed by atoms with Crippen LogP contribution in [-0.2, 0) is 0 Å². The van der Waals surface area contributed by atoms with Gasteiger partial charge in [-0.3, -0.25) is 0 Å². The first kappa shape index (κ1) is 10.5. The number of rotatable bonds is 4. The van der Waals surface area contributed by atoms with Crippen molar-refractivity contribution in [1.82, 2.24) is 9.97 Å². The predicted molar refractivity (Wildman–Crippen MR) is 65.2 cm³/mol. The Bertz CT molecular complexity index is 342.